The third-order valence-corrected chi connectivity index (χ3v) is 5.78. The first-order valence-electron chi connectivity index (χ1n) is 9.79. The Bertz CT molecular complexity index is 707. The number of guanidine groups is 1. The first-order valence-corrected chi connectivity index (χ1v) is 11.3. The average molecular weight is 540 g/mol. The number of benzene rings is 1. The third-order valence-electron chi connectivity index (χ3n) is 4.35. The molecule has 1 saturated heterocycles. The van der Waals surface area contributed by atoms with Crippen LogP contribution in [0.4, 0.5) is 0 Å². The van der Waals surface area contributed by atoms with Crippen molar-refractivity contribution in [3.05, 3.63) is 29.8 Å². The molecule has 0 aromatic heterocycles. The van der Waals surface area contributed by atoms with E-state index in [-0.39, 0.29) is 35.0 Å². The molecule has 1 unspecified atom stereocenters. The highest BCUT2D eigenvalue weighted by Gasteiger charge is 2.15. The van der Waals surface area contributed by atoms with Crippen molar-refractivity contribution in [2.24, 2.45) is 4.99 Å². The molecular weight excluding hydrogens is 507 g/mol. The summed E-state index contributed by atoms with van der Waals surface area (Å²) in [5.41, 5.74) is 0.937. The van der Waals surface area contributed by atoms with Crippen LogP contribution in [0.3, 0.4) is 0 Å². The van der Waals surface area contributed by atoms with Crippen LogP contribution < -0.4 is 15.4 Å². The third kappa shape index (κ3) is 9.60. The lowest BCUT2D eigenvalue weighted by atomic mass is 10.2. The number of hydrogen-bond donors (Lipinski definition) is 3. The lowest BCUT2D eigenvalue weighted by Gasteiger charge is -2.13. The van der Waals surface area contributed by atoms with E-state index in [0.29, 0.717) is 19.8 Å². The van der Waals surface area contributed by atoms with Crippen molar-refractivity contribution in [3.63, 3.8) is 0 Å². The molecule has 1 aliphatic heterocycles. The summed E-state index contributed by atoms with van der Waals surface area (Å²) in [5, 5.41) is 6.49. The molecule has 0 radical (unpaired) electrons. The highest BCUT2D eigenvalue weighted by molar-refractivity contribution is 14.0. The number of rotatable bonds is 11. The zero-order valence-electron chi connectivity index (χ0n) is 17.1. The fourth-order valence-electron chi connectivity index (χ4n) is 2.78. The summed E-state index contributed by atoms with van der Waals surface area (Å²) in [7, 11) is -2.01. The maximum absolute atomic E-state index is 11.8. The van der Waals surface area contributed by atoms with Crippen molar-refractivity contribution >= 4 is 40.0 Å². The highest BCUT2D eigenvalue weighted by atomic mass is 127. The van der Waals surface area contributed by atoms with Gasteiger partial charge in [-0.2, -0.15) is 0 Å². The first-order chi connectivity index (χ1) is 13.5. The summed E-state index contributed by atoms with van der Waals surface area (Å²) in [5.74, 6) is 0.730. The molecule has 3 N–H and O–H groups in total. The van der Waals surface area contributed by atoms with E-state index in [1.165, 1.54) is 7.05 Å². The Kier molecular flexibility index (Phi) is 12.7. The summed E-state index contributed by atoms with van der Waals surface area (Å²) in [6.07, 6.45) is 3.37. The predicted octanol–water partition coefficient (Wildman–Crippen LogP) is 1.85. The molecule has 1 aromatic carbocycles. The van der Waals surface area contributed by atoms with Gasteiger partial charge in [-0.15, -0.1) is 24.0 Å². The number of hydrogen-bond acceptors (Lipinski definition) is 5. The van der Waals surface area contributed by atoms with E-state index >= 15 is 0 Å². The van der Waals surface area contributed by atoms with E-state index in [9.17, 15) is 8.42 Å². The number of ether oxygens (including phenoxy) is 2. The maximum Gasteiger partial charge on any atom is 0.240 e. The minimum atomic E-state index is -3.41. The van der Waals surface area contributed by atoms with Crippen LogP contribution in [0.5, 0.6) is 0 Å². The molecule has 0 saturated carbocycles. The second-order valence-corrected chi connectivity index (χ2v) is 8.42. The standard InChI is InChI=1S/C19H32N4O4S.HI/c1-3-21-19(22-11-5-12-26-15-17-6-4-13-27-17)23-14-16-7-9-18(10-8-16)28(24,25)20-2;/h7-10,17,20H,3-6,11-15H2,1-2H3,(H2,21,22,23);1H. The Morgan fingerprint density at radius 3 is 2.66 bits per heavy atom. The predicted molar refractivity (Wildman–Crippen MR) is 125 cm³/mol. The highest BCUT2D eigenvalue weighted by Crippen LogP contribution is 2.12. The van der Waals surface area contributed by atoms with Gasteiger partial charge in [-0.25, -0.2) is 18.1 Å². The van der Waals surface area contributed by atoms with E-state index in [0.717, 1.165) is 50.5 Å². The monoisotopic (exact) mass is 540 g/mol. The van der Waals surface area contributed by atoms with Gasteiger partial charge in [-0.3, -0.25) is 0 Å². The van der Waals surface area contributed by atoms with Gasteiger partial charge in [-0.1, -0.05) is 12.1 Å². The van der Waals surface area contributed by atoms with E-state index < -0.39 is 10.0 Å². The summed E-state index contributed by atoms with van der Waals surface area (Å²) >= 11 is 0. The zero-order valence-corrected chi connectivity index (χ0v) is 20.3. The smallest absolute Gasteiger partial charge is 0.240 e. The van der Waals surface area contributed by atoms with Crippen molar-refractivity contribution in [1.82, 2.24) is 15.4 Å². The van der Waals surface area contributed by atoms with Gasteiger partial charge in [0, 0.05) is 26.3 Å². The SMILES string of the molecule is CCNC(=NCc1ccc(S(=O)(=O)NC)cc1)NCCCOCC1CCCO1.I. The molecule has 0 bridgehead atoms. The normalized spacial score (nSPS) is 17.0. The molecule has 2 rings (SSSR count). The second-order valence-electron chi connectivity index (χ2n) is 6.54. The van der Waals surface area contributed by atoms with Crippen LogP contribution in [0.1, 0.15) is 31.7 Å². The summed E-state index contributed by atoms with van der Waals surface area (Å²) in [6, 6.07) is 6.72. The second kappa shape index (κ2) is 14.1. The Balaban J connectivity index is 0.00000420. The van der Waals surface area contributed by atoms with Gasteiger partial charge in [-0.05, 0) is 50.9 Å². The average Bonchev–Trinajstić information content (AvgIpc) is 3.22. The van der Waals surface area contributed by atoms with Gasteiger partial charge in [0.2, 0.25) is 10.0 Å². The number of nitrogens with zero attached hydrogens (tertiary/aromatic N) is 1. The van der Waals surface area contributed by atoms with Gasteiger partial charge in [0.25, 0.3) is 0 Å². The van der Waals surface area contributed by atoms with Gasteiger partial charge >= 0.3 is 0 Å². The number of aliphatic imine (C=N–C) groups is 1. The molecule has 0 spiro atoms. The van der Waals surface area contributed by atoms with E-state index in [1.807, 2.05) is 6.92 Å². The molecular formula is C19H33IN4O4S. The van der Waals surface area contributed by atoms with E-state index in [1.54, 1.807) is 24.3 Å². The largest absolute Gasteiger partial charge is 0.379 e. The van der Waals surface area contributed by atoms with Gasteiger partial charge in [0.15, 0.2) is 5.96 Å². The van der Waals surface area contributed by atoms with Crippen LogP contribution in [0.15, 0.2) is 34.2 Å². The molecule has 0 aliphatic carbocycles. The molecule has 1 atom stereocenters. The number of sulfonamides is 1. The Morgan fingerprint density at radius 1 is 1.28 bits per heavy atom. The molecule has 1 heterocycles. The van der Waals surface area contributed by atoms with Crippen LogP contribution in [0.25, 0.3) is 0 Å². The molecule has 29 heavy (non-hydrogen) atoms. The topological polar surface area (TPSA) is 101 Å². The first kappa shape index (κ1) is 26.1. The summed E-state index contributed by atoms with van der Waals surface area (Å²) in [4.78, 5) is 4.79. The molecule has 8 nitrogen and oxygen atoms in total. The van der Waals surface area contributed by atoms with Crippen molar-refractivity contribution in [2.75, 3.05) is 40.0 Å². The quantitative estimate of drug-likeness (QED) is 0.172. The zero-order chi connectivity index (χ0) is 20.2. The van der Waals surface area contributed by atoms with Crippen molar-refractivity contribution in [1.29, 1.82) is 0 Å². The maximum atomic E-state index is 11.8. The molecule has 0 amide bonds. The minimum Gasteiger partial charge on any atom is -0.379 e. The van der Waals surface area contributed by atoms with Crippen LogP contribution in [-0.4, -0.2) is 60.4 Å². The molecule has 166 valence electrons. The minimum absolute atomic E-state index is 0. The van der Waals surface area contributed by atoms with Crippen molar-refractivity contribution in [2.45, 2.75) is 43.7 Å². The van der Waals surface area contributed by atoms with E-state index in [2.05, 4.69) is 20.3 Å². The van der Waals surface area contributed by atoms with E-state index in [4.69, 9.17) is 9.47 Å². The lowest BCUT2D eigenvalue weighted by molar-refractivity contribution is 0.0168. The number of halogens is 1. The summed E-state index contributed by atoms with van der Waals surface area (Å²) < 4.78 is 37.0. The fourth-order valence-corrected chi connectivity index (χ4v) is 3.51. The molecule has 10 heteroatoms. The van der Waals surface area contributed by atoms with Gasteiger partial charge in [0.1, 0.15) is 0 Å². The Morgan fingerprint density at radius 2 is 2.03 bits per heavy atom. The van der Waals surface area contributed by atoms with Crippen LogP contribution in [0, 0.1) is 0 Å². The van der Waals surface area contributed by atoms with Crippen LogP contribution in [0.2, 0.25) is 0 Å². The fraction of sp³-hybridized carbons (Fsp3) is 0.632. The van der Waals surface area contributed by atoms with Crippen molar-refractivity contribution in [3.8, 4) is 0 Å². The lowest BCUT2D eigenvalue weighted by Crippen LogP contribution is -2.38. The van der Waals surface area contributed by atoms with Gasteiger partial charge in [0.05, 0.1) is 24.2 Å². The van der Waals surface area contributed by atoms with Crippen molar-refractivity contribution < 1.29 is 17.9 Å². The summed E-state index contributed by atoms with van der Waals surface area (Å²) in [6.45, 7) is 6.22. The molecule has 1 aromatic rings. The van der Waals surface area contributed by atoms with Crippen LogP contribution >= 0.6 is 24.0 Å². The Labute approximate surface area is 191 Å². The Hall–Kier alpha value is -0.950. The molecule has 1 aliphatic rings. The molecule has 1 fully saturated rings. The van der Waals surface area contributed by atoms with Gasteiger partial charge < -0.3 is 20.1 Å². The van der Waals surface area contributed by atoms with Crippen LogP contribution in [-0.2, 0) is 26.0 Å². The number of nitrogens with one attached hydrogen (secondary N) is 3.